The standard InChI is InChI=1S/C15H14ClN3O4S/c1-9(20)18-14-8-10(16)2-7-13(14)15(21)19-11-3-5-12(6-4-11)24(17,22)23/h2-8H,1H3,(H,18,20)(H,19,21)(H2,17,22,23). The Morgan fingerprint density at radius 1 is 1.04 bits per heavy atom. The van der Waals surface area contributed by atoms with E-state index < -0.39 is 15.9 Å². The summed E-state index contributed by atoms with van der Waals surface area (Å²) in [6.45, 7) is 1.31. The maximum Gasteiger partial charge on any atom is 0.257 e. The topological polar surface area (TPSA) is 118 Å². The number of halogens is 1. The minimum atomic E-state index is -3.80. The Labute approximate surface area is 143 Å². The first-order valence-corrected chi connectivity index (χ1v) is 8.60. The molecule has 0 aliphatic rings. The number of carbonyl (C=O) groups is 2. The highest BCUT2D eigenvalue weighted by Crippen LogP contribution is 2.23. The number of benzene rings is 2. The van der Waals surface area contributed by atoms with Crippen molar-refractivity contribution in [3.63, 3.8) is 0 Å². The van der Waals surface area contributed by atoms with Gasteiger partial charge in [-0.05, 0) is 42.5 Å². The zero-order valence-electron chi connectivity index (χ0n) is 12.5. The molecule has 0 fully saturated rings. The van der Waals surface area contributed by atoms with E-state index in [0.29, 0.717) is 10.7 Å². The van der Waals surface area contributed by atoms with Crippen LogP contribution in [0.1, 0.15) is 17.3 Å². The molecule has 24 heavy (non-hydrogen) atoms. The third-order valence-corrected chi connectivity index (χ3v) is 4.14. The molecule has 126 valence electrons. The third kappa shape index (κ3) is 4.54. The fourth-order valence-corrected chi connectivity index (χ4v) is 2.62. The van der Waals surface area contributed by atoms with Crippen molar-refractivity contribution in [1.82, 2.24) is 0 Å². The van der Waals surface area contributed by atoms with Crippen molar-refractivity contribution in [3.05, 3.63) is 53.1 Å². The van der Waals surface area contributed by atoms with Crippen molar-refractivity contribution in [1.29, 1.82) is 0 Å². The number of nitrogens with one attached hydrogen (secondary N) is 2. The van der Waals surface area contributed by atoms with E-state index in [2.05, 4.69) is 10.6 Å². The number of rotatable bonds is 4. The van der Waals surface area contributed by atoms with Crippen molar-refractivity contribution in [2.24, 2.45) is 5.14 Å². The van der Waals surface area contributed by atoms with E-state index >= 15 is 0 Å². The summed E-state index contributed by atoms with van der Waals surface area (Å²) in [6, 6.07) is 9.83. The lowest BCUT2D eigenvalue weighted by atomic mass is 10.1. The van der Waals surface area contributed by atoms with Crippen molar-refractivity contribution >= 4 is 44.8 Å². The molecule has 0 bridgehead atoms. The van der Waals surface area contributed by atoms with Crippen LogP contribution in [0.2, 0.25) is 5.02 Å². The third-order valence-electron chi connectivity index (χ3n) is 2.98. The number of hydrogen-bond donors (Lipinski definition) is 3. The van der Waals surface area contributed by atoms with Gasteiger partial charge in [-0.25, -0.2) is 13.6 Å². The zero-order valence-corrected chi connectivity index (χ0v) is 14.1. The molecule has 0 aliphatic carbocycles. The quantitative estimate of drug-likeness (QED) is 0.767. The van der Waals surface area contributed by atoms with Gasteiger partial charge in [-0.15, -0.1) is 0 Å². The minimum absolute atomic E-state index is 0.0640. The van der Waals surface area contributed by atoms with Crippen LogP contribution in [0.5, 0.6) is 0 Å². The summed E-state index contributed by atoms with van der Waals surface area (Å²) in [5, 5.41) is 10.5. The first kappa shape index (κ1) is 17.9. The number of nitrogens with two attached hydrogens (primary N) is 1. The molecule has 0 atom stereocenters. The SMILES string of the molecule is CC(=O)Nc1cc(Cl)ccc1C(=O)Nc1ccc(S(N)(=O)=O)cc1. The molecule has 2 aromatic rings. The van der Waals surface area contributed by atoms with Crippen LogP contribution in [-0.2, 0) is 14.8 Å². The molecule has 0 saturated heterocycles. The van der Waals surface area contributed by atoms with Gasteiger partial charge in [0.15, 0.2) is 0 Å². The van der Waals surface area contributed by atoms with Crippen molar-refractivity contribution in [2.45, 2.75) is 11.8 Å². The number of carbonyl (C=O) groups excluding carboxylic acids is 2. The maximum absolute atomic E-state index is 12.4. The Hall–Kier alpha value is -2.42. The Kier molecular flexibility index (Phi) is 5.23. The van der Waals surface area contributed by atoms with Crippen molar-refractivity contribution < 1.29 is 18.0 Å². The Morgan fingerprint density at radius 2 is 1.67 bits per heavy atom. The summed E-state index contributed by atoms with van der Waals surface area (Å²) >= 11 is 5.87. The maximum atomic E-state index is 12.4. The number of primary sulfonamides is 1. The van der Waals surface area contributed by atoms with Gasteiger partial charge < -0.3 is 10.6 Å². The lowest BCUT2D eigenvalue weighted by molar-refractivity contribution is -0.114. The molecule has 2 rings (SSSR count). The van der Waals surface area contributed by atoms with E-state index in [1.807, 2.05) is 0 Å². The first-order chi connectivity index (χ1) is 11.2. The van der Waals surface area contributed by atoms with Crippen LogP contribution >= 0.6 is 11.6 Å². The van der Waals surface area contributed by atoms with E-state index in [1.165, 1.54) is 49.4 Å². The van der Waals surface area contributed by atoms with Crippen LogP contribution in [-0.4, -0.2) is 20.2 Å². The fraction of sp³-hybridized carbons (Fsp3) is 0.0667. The summed E-state index contributed by atoms with van der Waals surface area (Å²) < 4.78 is 22.4. The second kappa shape index (κ2) is 7.00. The minimum Gasteiger partial charge on any atom is -0.326 e. The van der Waals surface area contributed by atoms with Gasteiger partial charge in [0.2, 0.25) is 15.9 Å². The Bertz CT molecular complexity index is 895. The number of hydrogen-bond acceptors (Lipinski definition) is 4. The fourth-order valence-electron chi connectivity index (χ4n) is 1.93. The summed E-state index contributed by atoms with van der Waals surface area (Å²) in [4.78, 5) is 23.5. The highest BCUT2D eigenvalue weighted by Gasteiger charge is 2.14. The highest BCUT2D eigenvalue weighted by molar-refractivity contribution is 7.89. The van der Waals surface area contributed by atoms with Crippen LogP contribution in [0.3, 0.4) is 0 Å². The van der Waals surface area contributed by atoms with Crippen molar-refractivity contribution in [2.75, 3.05) is 10.6 Å². The van der Waals surface area contributed by atoms with E-state index in [-0.39, 0.29) is 22.1 Å². The molecular weight excluding hydrogens is 354 g/mol. The summed E-state index contributed by atoms with van der Waals surface area (Å²) in [5.74, 6) is -0.831. The predicted octanol–water partition coefficient (Wildman–Crippen LogP) is 2.20. The molecule has 4 N–H and O–H groups in total. The van der Waals surface area contributed by atoms with Gasteiger partial charge in [0.05, 0.1) is 16.1 Å². The molecular formula is C15H14ClN3O4S. The monoisotopic (exact) mass is 367 g/mol. The molecule has 0 unspecified atom stereocenters. The smallest absolute Gasteiger partial charge is 0.257 e. The van der Waals surface area contributed by atoms with Gasteiger partial charge in [0.1, 0.15) is 0 Å². The summed E-state index contributed by atoms with van der Waals surface area (Å²) in [5.41, 5.74) is 0.856. The second-order valence-electron chi connectivity index (χ2n) is 4.89. The normalized spacial score (nSPS) is 11.0. The van der Waals surface area contributed by atoms with E-state index in [1.54, 1.807) is 0 Å². The summed E-state index contributed by atoms with van der Waals surface area (Å²) in [6.07, 6.45) is 0. The number of sulfonamides is 1. The van der Waals surface area contributed by atoms with Crippen LogP contribution in [0.25, 0.3) is 0 Å². The number of anilines is 2. The van der Waals surface area contributed by atoms with Crippen LogP contribution in [0.15, 0.2) is 47.4 Å². The lowest BCUT2D eigenvalue weighted by Crippen LogP contribution is -2.17. The van der Waals surface area contributed by atoms with Gasteiger partial charge >= 0.3 is 0 Å². The highest BCUT2D eigenvalue weighted by atomic mass is 35.5. The largest absolute Gasteiger partial charge is 0.326 e. The second-order valence-corrected chi connectivity index (χ2v) is 6.89. The summed E-state index contributed by atoms with van der Waals surface area (Å²) in [7, 11) is -3.80. The lowest BCUT2D eigenvalue weighted by Gasteiger charge is -2.11. The average Bonchev–Trinajstić information content (AvgIpc) is 2.46. The molecule has 2 aromatic carbocycles. The van der Waals surface area contributed by atoms with Crippen LogP contribution < -0.4 is 15.8 Å². The Morgan fingerprint density at radius 3 is 2.21 bits per heavy atom. The zero-order chi connectivity index (χ0) is 17.9. The molecule has 0 saturated carbocycles. The predicted molar refractivity (Wildman–Crippen MR) is 91.5 cm³/mol. The van der Waals surface area contributed by atoms with Gasteiger partial charge in [0.25, 0.3) is 5.91 Å². The van der Waals surface area contributed by atoms with E-state index in [4.69, 9.17) is 16.7 Å². The van der Waals surface area contributed by atoms with Gasteiger partial charge in [-0.2, -0.15) is 0 Å². The van der Waals surface area contributed by atoms with Gasteiger partial charge in [0, 0.05) is 17.6 Å². The van der Waals surface area contributed by atoms with Crippen LogP contribution in [0.4, 0.5) is 11.4 Å². The molecule has 9 heteroatoms. The van der Waals surface area contributed by atoms with Gasteiger partial charge in [-0.1, -0.05) is 11.6 Å². The molecule has 0 radical (unpaired) electrons. The molecule has 7 nitrogen and oxygen atoms in total. The number of amides is 2. The molecule has 0 heterocycles. The average molecular weight is 368 g/mol. The Balaban J connectivity index is 2.25. The molecule has 0 aliphatic heterocycles. The van der Waals surface area contributed by atoms with Gasteiger partial charge in [-0.3, -0.25) is 9.59 Å². The van der Waals surface area contributed by atoms with E-state index in [9.17, 15) is 18.0 Å². The van der Waals surface area contributed by atoms with Crippen molar-refractivity contribution in [3.8, 4) is 0 Å². The molecule has 0 aromatic heterocycles. The molecule has 0 spiro atoms. The van der Waals surface area contributed by atoms with E-state index in [0.717, 1.165) is 0 Å². The first-order valence-electron chi connectivity index (χ1n) is 6.68. The molecule has 2 amide bonds. The van der Waals surface area contributed by atoms with Crippen LogP contribution in [0, 0.1) is 0 Å².